The lowest BCUT2D eigenvalue weighted by atomic mass is 9.92. The number of ether oxygens (including phenoxy) is 1. The summed E-state index contributed by atoms with van der Waals surface area (Å²) >= 11 is 0. The van der Waals surface area contributed by atoms with Gasteiger partial charge in [0.05, 0.1) is 5.56 Å². The van der Waals surface area contributed by atoms with Crippen LogP contribution < -0.4 is 15.6 Å². The fourth-order valence-electron chi connectivity index (χ4n) is 3.88. The van der Waals surface area contributed by atoms with E-state index in [0.29, 0.717) is 17.1 Å². The number of aryl methyl sites for hydroxylation is 2. The number of hydrogen-bond acceptors (Lipinski definition) is 5. The van der Waals surface area contributed by atoms with Gasteiger partial charge in [-0.2, -0.15) is 0 Å². The highest BCUT2D eigenvalue weighted by Crippen LogP contribution is 2.23. The third-order valence-corrected chi connectivity index (χ3v) is 5.24. The molecule has 3 aromatic rings. The first-order valence-corrected chi connectivity index (χ1v) is 9.90. The van der Waals surface area contributed by atoms with Crippen LogP contribution in [0.2, 0.25) is 0 Å². The number of H-pyrrole nitrogens is 1. The van der Waals surface area contributed by atoms with Crippen LogP contribution in [0.15, 0.2) is 41.2 Å². The smallest absolute Gasteiger partial charge is 0.317 e. The van der Waals surface area contributed by atoms with E-state index in [1.807, 2.05) is 38.1 Å². The highest BCUT2D eigenvalue weighted by molar-refractivity contribution is 6.06. The number of rotatable bonds is 4. The molecule has 7 nitrogen and oxygen atoms in total. The summed E-state index contributed by atoms with van der Waals surface area (Å²) in [6.07, 6.45) is 3.30. The Morgan fingerprint density at radius 2 is 1.76 bits per heavy atom. The van der Waals surface area contributed by atoms with Gasteiger partial charge in [-0.25, -0.2) is 9.97 Å². The van der Waals surface area contributed by atoms with E-state index >= 15 is 0 Å². The molecule has 4 rings (SSSR count). The van der Waals surface area contributed by atoms with Crippen LogP contribution in [-0.2, 0) is 0 Å². The van der Waals surface area contributed by atoms with Gasteiger partial charge in [-0.1, -0.05) is 18.2 Å². The second kappa shape index (κ2) is 8.03. The molecule has 0 atom stereocenters. The summed E-state index contributed by atoms with van der Waals surface area (Å²) < 4.78 is 5.95. The molecule has 29 heavy (non-hydrogen) atoms. The minimum atomic E-state index is -0.278. The molecule has 2 aromatic heterocycles. The lowest BCUT2D eigenvalue weighted by Gasteiger charge is -2.29. The van der Waals surface area contributed by atoms with Gasteiger partial charge >= 0.3 is 6.01 Å². The average Bonchev–Trinajstić information content (AvgIpc) is 2.68. The third-order valence-electron chi connectivity index (χ3n) is 5.24. The maximum absolute atomic E-state index is 12.8. The number of carbonyl (C=O) groups is 1. The predicted molar refractivity (Wildman–Crippen MR) is 110 cm³/mol. The fraction of sp³-hybridized carbons (Fsp3) is 0.364. The first kappa shape index (κ1) is 19.1. The number of pyridine rings is 1. The molecule has 7 heteroatoms. The molecule has 1 aliphatic rings. The minimum Gasteiger partial charge on any atom is -0.460 e. The van der Waals surface area contributed by atoms with Crippen LogP contribution in [0.1, 0.15) is 47.4 Å². The van der Waals surface area contributed by atoms with Crippen molar-refractivity contribution in [3.8, 4) is 6.01 Å². The number of fused-ring (bicyclic) bond motifs is 1. The number of nitrogens with one attached hydrogen (secondary N) is 2. The average molecular weight is 392 g/mol. The molecule has 1 saturated carbocycles. The molecule has 0 radical (unpaired) electrons. The van der Waals surface area contributed by atoms with Crippen molar-refractivity contribution in [3.05, 3.63) is 63.7 Å². The highest BCUT2D eigenvalue weighted by atomic mass is 16.5. The van der Waals surface area contributed by atoms with Gasteiger partial charge in [0.1, 0.15) is 6.10 Å². The van der Waals surface area contributed by atoms with Gasteiger partial charge in [-0.05, 0) is 51.7 Å². The number of hydrogen-bond donors (Lipinski definition) is 2. The Hall–Kier alpha value is -3.22. The molecular weight excluding hydrogens is 368 g/mol. The molecule has 0 aliphatic heterocycles. The molecule has 2 heterocycles. The van der Waals surface area contributed by atoms with Gasteiger partial charge < -0.3 is 15.0 Å². The zero-order valence-corrected chi connectivity index (χ0v) is 16.6. The van der Waals surface area contributed by atoms with Crippen molar-refractivity contribution in [2.75, 3.05) is 0 Å². The summed E-state index contributed by atoms with van der Waals surface area (Å²) in [6.45, 7) is 3.85. The number of aromatic amines is 1. The van der Waals surface area contributed by atoms with Crippen molar-refractivity contribution in [2.24, 2.45) is 0 Å². The zero-order chi connectivity index (χ0) is 20.4. The molecule has 0 spiro atoms. The number of benzene rings is 1. The molecule has 0 unspecified atom stereocenters. The molecule has 150 valence electrons. The van der Waals surface area contributed by atoms with E-state index in [1.165, 1.54) is 6.07 Å². The molecule has 1 aliphatic carbocycles. The van der Waals surface area contributed by atoms with Gasteiger partial charge in [0.25, 0.3) is 5.91 Å². The van der Waals surface area contributed by atoms with Crippen LogP contribution in [0.4, 0.5) is 0 Å². The van der Waals surface area contributed by atoms with E-state index in [0.717, 1.165) is 42.5 Å². The van der Waals surface area contributed by atoms with Gasteiger partial charge in [0.2, 0.25) is 5.56 Å². The van der Waals surface area contributed by atoms with E-state index in [4.69, 9.17) is 4.74 Å². The predicted octanol–water partition coefficient (Wildman–Crippen LogP) is 3.05. The Balaban J connectivity index is 1.39. The van der Waals surface area contributed by atoms with Crippen molar-refractivity contribution in [1.82, 2.24) is 20.3 Å². The Morgan fingerprint density at radius 1 is 1.07 bits per heavy atom. The molecule has 0 bridgehead atoms. The van der Waals surface area contributed by atoms with E-state index in [2.05, 4.69) is 20.3 Å². The van der Waals surface area contributed by atoms with E-state index < -0.39 is 0 Å². The van der Waals surface area contributed by atoms with Crippen molar-refractivity contribution in [2.45, 2.75) is 51.7 Å². The summed E-state index contributed by atoms with van der Waals surface area (Å²) in [4.78, 5) is 36.1. The molecule has 0 saturated heterocycles. The van der Waals surface area contributed by atoms with Crippen molar-refractivity contribution in [1.29, 1.82) is 0 Å². The summed E-state index contributed by atoms with van der Waals surface area (Å²) in [7, 11) is 0. The van der Waals surface area contributed by atoms with Crippen molar-refractivity contribution >= 4 is 16.8 Å². The highest BCUT2D eigenvalue weighted by Gasteiger charge is 2.25. The molecule has 1 amide bonds. The number of amides is 1. The maximum Gasteiger partial charge on any atom is 0.317 e. The topological polar surface area (TPSA) is 97.0 Å². The summed E-state index contributed by atoms with van der Waals surface area (Å²) in [5.41, 5.74) is 2.57. The number of carbonyl (C=O) groups excluding carboxylic acids is 1. The Morgan fingerprint density at radius 3 is 2.48 bits per heavy atom. The van der Waals surface area contributed by atoms with Crippen LogP contribution in [-0.4, -0.2) is 33.0 Å². The monoisotopic (exact) mass is 392 g/mol. The Labute approximate surface area is 168 Å². The number of nitrogens with zero attached hydrogens (tertiary/aromatic N) is 2. The first-order chi connectivity index (χ1) is 14.0. The van der Waals surface area contributed by atoms with Gasteiger partial charge in [-0.15, -0.1) is 0 Å². The standard InChI is InChI=1S/C22H24N4O3/c1-13-11-14(2)24-22(23-13)29-16-9-7-15(8-10-16)25-21(28)18-12-20(27)26-19-6-4-3-5-17(18)19/h3-6,11-12,15-16H,7-10H2,1-2H3,(H,25,28)(H,26,27). The minimum absolute atomic E-state index is 0.0461. The SMILES string of the molecule is Cc1cc(C)nc(OC2CCC(NC(=O)c3cc(=O)[nH]c4ccccc34)CC2)n1. The lowest BCUT2D eigenvalue weighted by molar-refractivity contribution is 0.0886. The Kier molecular flexibility index (Phi) is 5.29. The summed E-state index contributed by atoms with van der Waals surface area (Å²) in [5.74, 6) is -0.214. The first-order valence-electron chi connectivity index (χ1n) is 9.90. The number of aromatic nitrogens is 3. The van der Waals surface area contributed by atoms with Crippen LogP contribution in [0.5, 0.6) is 6.01 Å². The quantitative estimate of drug-likeness (QED) is 0.711. The van der Waals surface area contributed by atoms with Crippen LogP contribution >= 0.6 is 0 Å². The van der Waals surface area contributed by atoms with Crippen molar-refractivity contribution in [3.63, 3.8) is 0 Å². The maximum atomic E-state index is 12.8. The molecule has 1 aromatic carbocycles. The third kappa shape index (κ3) is 4.45. The van der Waals surface area contributed by atoms with Gasteiger partial charge in [0.15, 0.2) is 0 Å². The van der Waals surface area contributed by atoms with E-state index in [1.54, 1.807) is 6.07 Å². The summed E-state index contributed by atoms with van der Waals surface area (Å²) in [6, 6.07) is 11.1. The summed E-state index contributed by atoms with van der Waals surface area (Å²) in [5, 5.41) is 3.82. The van der Waals surface area contributed by atoms with E-state index in [9.17, 15) is 9.59 Å². The van der Waals surface area contributed by atoms with Crippen molar-refractivity contribution < 1.29 is 9.53 Å². The molecular formula is C22H24N4O3. The normalized spacial score (nSPS) is 19.1. The molecule has 1 fully saturated rings. The van der Waals surface area contributed by atoms with Crippen LogP contribution in [0.25, 0.3) is 10.9 Å². The van der Waals surface area contributed by atoms with Crippen LogP contribution in [0.3, 0.4) is 0 Å². The largest absolute Gasteiger partial charge is 0.460 e. The second-order valence-electron chi connectivity index (χ2n) is 7.59. The van der Waals surface area contributed by atoms with Crippen LogP contribution in [0, 0.1) is 13.8 Å². The number of para-hydroxylation sites is 1. The Bertz CT molecular complexity index is 1080. The molecule has 2 N–H and O–H groups in total. The van der Waals surface area contributed by atoms with Gasteiger partial charge in [0, 0.05) is 34.4 Å². The van der Waals surface area contributed by atoms with Gasteiger partial charge in [-0.3, -0.25) is 9.59 Å². The fourth-order valence-corrected chi connectivity index (χ4v) is 3.88. The zero-order valence-electron chi connectivity index (χ0n) is 16.6. The lowest BCUT2D eigenvalue weighted by Crippen LogP contribution is -2.40. The second-order valence-corrected chi connectivity index (χ2v) is 7.59. The van der Waals surface area contributed by atoms with E-state index in [-0.39, 0.29) is 23.6 Å².